The van der Waals surface area contributed by atoms with Crippen molar-refractivity contribution in [2.24, 2.45) is 0 Å². The fraction of sp³-hybridized carbons (Fsp3) is 0.353. The molecule has 0 aliphatic carbocycles. The summed E-state index contributed by atoms with van der Waals surface area (Å²) in [6.07, 6.45) is 2.86. The van der Waals surface area contributed by atoms with Gasteiger partial charge in [-0.15, -0.1) is 11.3 Å². The van der Waals surface area contributed by atoms with Crippen molar-refractivity contribution in [3.8, 4) is 5.75 Å². The number of benzene rings is 1. The number of H-pyrrole nitrogens is 1. The number of rotatable bonds is 5. The summed E-state index contributed by atoms with van der Waals surface area (Å²) >= 11 is 1.68. The summed E-state index contributed by atoms with van der Waals surface area (Å²) in [6.45, 7) is 6.32. The monoisotopic (exact) mass is 315 g/mol. The highest BCUT2D eigenvalue weighted by atomic mass is 32.1. The first kappa shape index (κ1) is 15.1. The number of aromatic hydroxyl groups is 1. The summed E-state index contributed by atoms with van der Waals surface area (Å²) in [4.78, 5) is 7.91. The maximum absolute atomic E-state index is 9.73. The molecule has 4 nitrogen and oxygen atoms in total. The van der Waals surface area contributed by atoms with Crippen LogP contribution in [0.25, 0.3) is 10.9 Å². The van der Waals surface area contributed by atoms with Crippen molar-refractivity contribution < 1.29 is 5.11 Å². The van der Waals surface area contributed by atoms with Crippen LogP contribution in [-0.4, -0.2) is 21.1 Å². The number of aromatic nitrogens is 2. The minimum atomic E-state index is 0.172. The molecule has 1 aromatic carbocycles. The fourth-order valence-electron chi connectivity index (χ4n) is 2.75. The van der Waals surface area contributed by atoms with E-state index in [1.165, 1.54) is 5.56 Å². The smallest absolute Gasteiger partial charge is 0.116 e. The number of nitrogens with zero attached hydrogens (tertiary/aromatic N) is 1. The SMILES string of the molecule is Cc1nc([C@H](Cc2c[nH]c3ccc(O)cc23)NC(C)C)cs1. The number of hydrogen-bond acceptors (Lipinski definition) is 4. The Labute approximate surface area is 134 Å². The van der Waals surface area contributed by atoms with Crippen LogP contribution in [0.15, 0.2) is 29.8 Å². The van der Waals surface area contributed by atoms with Gasteiger partial charge in [0.05, 0.1) is 16.7 Å². The molecule has 0 radical (unpaired) electrons. The van der Waals surface area contributed by atoms with Crippen molar-refractivity contribution in [2.45, 2.75) is 39.3 Å². The van der Waals surface area contributed by atoms with Gasteiger partial charge in [0, 0.05) is 28.5 Å². The third-order valence-corrected chi connectivity index (χ3v) is 4.50. The molecule has 0 unspecified atom stereocenters. The standard InChI is InChI=1S/C17H21N3OS/c1-10(2)19-16(17-9-22-11(3)20-17)6-12-8-18-15-5-4-13(21)7-14(12)15/h4-5,7-10,16,18-19,21H,6H2,1-3H3/t16-/m0/s1. The number of hydrogen-bond donors (Lipinski definition) is 3. The zero-order chi connectivity index (χ0) is 15.7. The topological polar surface area (TPSA) is 60.9 Å². The fourth-order valence-corrected chi connectivity index (χ4v) is 3.41. The molecule has 3 rings (SSSR count). The second kappa shape index (κ2) is 6.10. The van der Waals surface area contributed by atoms with Gasteiger partial charge in [-0.1, -0.05) is 13.8 Å². The highest BCUT2D eigenvalue weighted by molar-refractivity contribution is 7.09. The van der Waals surface area contributed by atoms with Gasteiger partial charge in [-0.3, -0.25) is 0 Å². The Kier molecular flexibility index (Phi) is 4.18. The molecule has 22 heavy (non-hydrogen) atoms. The number of thiazole rings is 1. The Balaban J connectivity index is 1.93. The van der Waals surface area contributed by atoms with Crippen LogP contribution in [0.4, 0.5) is 0 Å². The average molecular weight is 315 g/mol. The van der Waals surface area contributed by atoms with Gasteiger partial charge in [0.2, 0.25) is 0 Å². The van der Waals surface area contributed by atoms with E-state index < -0.39 is 0 Å². The molecule has 0 saturated heterocycles. The Morgan fingerprint density at radius 2 is 2.18 bits per heavy atom. The number of aryl methyl sites for hydroxylation is 1. The molecule has 5 heteroatoms. The van der Waals surface area contributed by atoms with Gasteiger partial charge in [-0.2, -0.15) is 0 Å². The van der Waals surface area contributed by atoms with Gasteiger partial charge >= 0.3 is 0 Å². The first-order chi connectivity index (χ1) is 10.5. The Bertz CT molecular complexity index is 775. The summed E-state index contributed by atoms with van der Waals surface area (Å²) in [5.74, 6) is 0.297. The van der Waals surface area contributed by atoms with Crippen molar-refractivity contribution in [2.75, 3.05) is 0 Å². The minimum Gasteiger partial charge on any atom is -0.508 e. The van der Waals surface area contributed by atoms with E-state index in [1.807, 2.05) is 25.3 Å². The van der Waals surface area contributed by atoms with E-state index in [-0.39, 0.29) is 6.04 Å². The van der Waals surface area contributed by atoms with Gasteiger partial charge in [-0.25, -0.2) is 4.98 Å². The maximum atomic E-state index is 9.73. The molecule has 0 saturated carbocycles. The first-order valence-electron chi connectivity index (χ1n) is 7.50. The number of nitrogens with one attached hydrogen (secondary N) is 2. The van der Waals surface area contributed by atoms with E-state index in [0.29, 0.717) is 11.8 Å². The number of aromatic amines is 1. The van der Waals surface area contributed by atoms with Gasteiger partial charge in [0.25, 0.3) is 0 Å². The summed E-state index contributed by atoms with van der Waals surface area (Å²) in [6, 6.07) is 5.99. The molecule has 2 heterocycles. The van der Waals surface area contributed by atoms with E-state index in [1.54, 1.807) is 17.4 Å². The van der Waals surface area contributed by atoms with Crippen LogP contribution in [0.2, 0.25) is 0 Å². The molecule has 2 aromatic heterocycles. The number of phenolic OH excluding ortho intramolecular Hbond substituents is 1. The van der Waals surface area contributed by atoms with E-state index in [4.69, 9.17) is 0 Å². The zero-order valence-electron chi connectivity index (χ0n) is 13.1. The normalized spacial score (nSPS) is 13.1. The van der Waals surface area contributed by atoms with Crippen LogP contribution < -0.4 is 5.32 Å². The van der Waals surface area contributed by atoms with E-state index in [9.17, 15) is 5.11 Å². The van der Waals surface area contributed by atoms with Crippen LogP contribution in [0.5, 0.6) is 5.75 Å². The van der Waals surface area contributed by atoms with Crippen molar-refractivity contribution in [1.82, 2.24) is 15.3 Å². The van der Waals surface area contributed by atoms with E-state index in [2.05, 4.69) is 34.5 Å². The summed E-state index contributed by atoms with van der Waals surface area (Å²) in [5, 5.41) is 17.6. The van der Waals surface area contributed by atoms with E-state index >= 15 is 0 Å². The molecule has 0 spiro atoms. The van der Waals surface area contributed by atoms with Crippen LogP contribution >= 0.6 is 11.3 Å². The molecule has 1 atom stereocenters. The largest absolute Gasteiger partial charge is 0.508 e. The summed E-state index contributed by atoms with van der Waals surface area (Å²) in [5.41, 5.74) is 3.32. The molecule has 3 aromatic rings. The predicted octanol–water partition coefficient (Wildman–Crippen LogP) is 3.92. The van der Waals surface area contributed by atoms with Gasteiger partial charge < -0.3 is 15.4 Å². The Hall–Kier alpha value is -1.85. The molecule has 116 valence electrons. The Morgan fingerprint density at radius 3 is 2.86 bits per heavy atom. The maximum Gasteiger partial charge on any atom is 0.116 e. The molecule has 0 amide bonds. The molecule has 0 fully saturated rings. The zero-order valence-corrected chi connectivity index (χ0v) is 13.9. The van der Waals surface area contributed by atoms with Crippen molar-refractivity contribution >= 4 is 22.2 Å². The molecular weight excluding hydrogens is 294 g/mol. The van der Waals surface area contributed by atoms with Crippen LogP contribution in [-0.2, 0) is 6.42 Å². The van der Waals surface area contributed by atoms with Crippen molar-refractivity contribution in [1.29, 1.82) is 0 Å². The minimum absolute atomic E-state index is 0.172. The van der Waals surface area contributed by atoms with Crippen LogP contribution in [0, 0.1) is 6.92 Å². The van der Waals surface area contributed by atoms with Gasteiger partial charge in [0.15, 0.2) is 0 Å². The summed E-state index contributed by atoms with van der Waals surface area (Å²) < 4.78 is 0. The second-order valence-corrected chi connectivity index (χ2v) is 6.98. The third-order valence-electron chi connectivity index (χ3n) is 3.70. The second-order valence-electron chi connectivity index (χ2n) is 5.91. The summed E-state index contributed by atoms with van der Waals surface area (Å²) in [7, 11) is 0. The molecule has 0 aliphatic heterocycles. The lowest BCUT2D eigenvalue weighted by atomic mass is 10.0. The number of fused-ring (bicyclic) bond motifs is 1. The first-order valence-corrected chi connectivity index (χ1v) is 8.38. The van der Waals surface area contributed by atoms with E-state index in [0.717, 1.165) is 28.0 Å². The molecule has 0 bridgehead atoms. The van der Waals surface area contributed by atoms with Crippen LogP contribution in [0.3, 0.4) is 0 Å². The van der Waals surface area contributed by atoms with Gasteiger partial charge in [0.1, 0.15) is 5.75 Å². The third kappa shape index (κ3) is 3.15. The lowest BCUT2D eigenvalue weighted by Crippen LogP contribution is -2.29. The quantitative estimate of drug-likeness (QED) is 0.669. The molecular formula is C17H21N3OS. The van der Waals surface area contributed by atoms with Crippen molar-refractivity contribution in [3.05, 3.63) is 46.0 Å². The number of phenols is 1. The molecule has 3 N–H and O–H groups in total. The van der Waals surface area contributed by atoms with Crippen LogP contribution in [0.1, 0.15) is 36.2 Å². The highest BCUT2D eigenvalue weighted by Gasteiger charge is 2.18. The highest BCUT2D eigenvalue weighted by Crippen LogP contribution is 2.28. The van der Waals surface area contributed by atoms with Crippen molar-refractivity contribution in [3.63, 3.8) is 0 Å². The van der Waals surface area contributed by atoms with Gasteiger partial charge in [-0.05, 0) is 37.1 Å². The Morgan fingerprint density at radius 1 is 1.36 bits per heavy atom. The lowest BCUT2D eigenvalue weighted by molar-refractivity contribution is 0.467. The predicted molar refractivity (Wildman–Crippen MR) is 91.5 cm³/mol. The lowest BCUT2D eigenvalue weighted by Gasteiger charge is -2.19. The molecule has 0 aliphatic rings. The average Bonchev–Trinajstić information content (AvgIpc) is 3.04.